The summed E-state index contributed by atoms with van der Waals surface area (Å²) >= 11 is 0. The third-order valence-corrected chi connectivity index (χ3v) is 6.40. The largest absolute Gasteiger partial charge is 0.255 e. The first kappa shape index (κ1) is 24.6. The van der Waals surface area contributed by atoms with Gasteiger partial charge in [0.1, 0.15) is 0 Å². The zero-order valence-corrected chi connectivity index (χ0v) is 20.0. The molecule has 0 amide bonds. The van der Waals surface area contributed by atoms with Crippen LogP contribution in [-0.2, 0) is 0 Å². The normalized spacial score (nSPS) is 11.5. The highest BCUT2D eigenvalue weighted by Crippen LogP contribution is 2.35. The molecule has 0 aliphatic carbocycles. The van der Waals surface area contributed by atoms with Crippen LogP contribution in [0.3, 0.4) is 0 Å². The zero-order valence-electron chi connectivity index (χ0n) is 20.0. The van der Waals surface area contributed by atoms with Crippen molar-refractivity contribution in [2.24, 2.45) is 0 Å². The van der Waals surface area contributed by atoms with E-state index in [4.69, 9.17) is 9.97 Å². The van der Waals surface area contributed by atoms with Gasteiger partial charge in [-0.15, -0.1) is 0 Å². The Balaban J connectivity index is 2.35. The first-order valence-electron chi connectivity index (χ1n) is 12.7. The van der Waals surface area contributed by atoms with E-state index in [2.05, 4.69) is 52.0 Å². The van der Waals surface area contributed by atoms with Gasteiger partial charge in [0.25, 0.3) is 0 Å². The summed E-state index contributed by atoms with van der Waals surface area (Å²) in [5.41, 5.74) is 5.04. The number of unbranched alkanes of at least 4 members (excludes halogenated alkanes) is 4. The highest BCUT2D eigenvalue weighted by atomic mass is 14.8. The van der Waals surface area contributed by atoms with Crippen LogP contribution in [0.15, 0.2) is 36.7 Å². The molecule has 2 heteroatoms. The average Bonchev–Trinajstić information content (AvgIpc) is 2.79. The van der Waals surface area contributed by atoms with Crippen LogP contribution in [0.4, 0.5) is 0 Å². The van der Waals surface area contributed by atoms with Crippen molar-refractivity contribution in [1.82, 2.24) is 9.97 Å². The molecule has 0 fully saturated rings. The molecule has 2 heterocycles. The van der Waals surface area contributed by atoms with E-state index in [1.54, 1.807) is 0 Å². The lowest BCUT2D eigenvalue weighted by Gasteiger charge is -2.21. The monoisotopic (exact) mass is 408 g/mol. The van der Waals surface area contributed by atoms with Crippen molar-refractivity contribution in [3.8, 4) is 11.4 Å². The lowest BCUT2D eigenvalue weighted by atomic mass is 9.86. The Hall–Kier alpha value is -1.70. The number of rotatable bonds is 15. The second-order valence-electron chi connectivity index (χ2n) is 8.88. The van der Waals surface area contributed by atoms with Gasteiger partial charge in [0.2, 0.25) is 0 Å². The fourth-order valence-electron chi connectivity index (χ4n) is 4.53. The number of hydrogen-bond donors (Lipinski definition) is 0. The quantitative estimate of drug-likeness (QED) is 0.293. The fourth-order valence-corrected chi connectivity index (χ4v) is 4.53. The molecular weight excluding hydrogens is 364 g/mol. The van der Waals surface area contributed by atoms with Gasteiger partial charge in [0, 0.05) is 12.4 Å². The first-order valence-corrected chi connectivity index (χ1v) is 12.7. The zero-order chi connectivity index (χ0) is 21.6. The van der Waals surface area contributed by atoms with E-state index < -0.39 is 0 Å². The van der Waals surface area contributed by atoms with Crippen molar-refractivity contribution < 1.29 is 0 Å². The van der Waals surface area contributed by atoms with E-state index in [1.807, 2.05) is 12.4 Å². The summed E-state index contributed by atoms with van der Waals surface area (Å²) in [7, 11) is 0. The predicted molar refractivity (Wildman–Crippen MR) is 131 cm³/mol. The SMILES string of the molecule is CCCCC(CCCC)c1ccnc(-c2ncccc2C(CCCC)CCCC)c1. The van der Waals surface area contributed by atoms with Crippen LogP contribution in [0.5, 0.6) is 0 Å². The van der Waals surface area contributed by atoms with E-state index in [0.717, 1.165) is 11.4 Å². The van der Waals surface area contributed by atoms with E-state index in [1.165, 1.54) is 88.2 Å². The van der Waals surface area contributed by atoms with Crippen LogP contribution in [-0.4, -0.2) is 9.97 Å². The summed E-state index contributed by atoms with van der Waals surface area (Å²) in [6, 6.07) is 9.00. The Morgan fingerprint density at radius 2 is 1.23 bits per heavy atom. The minimum Gasteiger partial charge on any atom is -0.255 e. The summed E-state index contributed by atoms with van der Waals surface area (Å²) in [6.07, 6.45) is 19.2. The molecule has 2 aromatic rings. The average molecular weight is 409 g/mol. The van der Waals surface area contributed by atoms with Crippen LogP contribution in [0.1, 0.15) is 128 Å². The molecule has 2 aromatic heterocycles. The lowest BCUT2D eigenvalue weighted by molar-refractivity contribution is 0.523. The van der Waals surface area contributed by atoms with Crippen LogP contribution in [0.2, 0.25) is 0 Å². The second-order valence-corrected chi connectivity index (χ2v) is 8.88. The number of nitrogens with zero attached hydrogens (tertiary/aromatic N) is 2. The molecule has 2 nitrogen and oxygen atoms in total. The highest BCUT2D eigenvalue weighted by molar-refractivity contribution is 5.60. The molecule has 0 spiro atoms. The molecule has 166 valence electrons. The van der Waals surface area contributed by atoms with E-state index in [-0.39, 0.29) is 0 Å². The number of hydrogen-bond acceptors (Lipinski definition) is 2. The highest BCUT2D eigenvalue weighted by Gasteiger charge is 2.19. The van der Waals surface area contributed by atoms with Gasteiger partial charge in [-0.3, -0.25) is 9.97 Å². The van der Waals surface area contributed by atoms with Gasteiger partial charge < -0.3 is 0 Å². The van der Waals surface area contributed by atoms with Crippen molar-refractivity contribution in [2.75, 3.05) is 0 Å². The van der Waals surface area contributed by atoms with Gasteiger partial charge in [0.15, 0.2) is 0 Å². The summed E-state index contributed by atoms with van der Waals surface area (Å²) in [5, 5.41) is 0. The van der Waals surface area contributed by atoms with Crippen molar-refractivity contribution >= 4 is 0 Å². The van der Waals surface area contributed by atoms with Gasteiger partial charge in [-0.05, 0) is 66.8 Å². The number of aromatic nitrogens is 2. The standard InChI is InChI=1S/C28H44N2/c1-5-9-14-23(15-10-6-2)25-19-21-29-27(22-25)28-26(18-13-20-30-28)24(16-11-7-3)17-12-8-4/h13,18-24H,5-12,14-17H2,1-4H3. The molecule has 0 saturated carbocycles. The van der Waals surface area contributed by atoms with E-state index in [9.17, 15) is 0 Å². The Morgan fingerprint density at radius 1 is 0.667 bits per heavy atom. The third-order valence-electron chi connectivity index (χ3n) is 6.40. The lowest BCUT2D eigenvalue weighted by Crippen LogP contribution is -2.05. The number of pyridine rings is 2. The smallest absolute Gasteiger partial charge is 0.0920 e. The van der Waals surface area contributed by atoms with Gasteiger partial charge in [-0.2, -0.15) is 0 Å². The van der Waals surface area contributed by atoms with E-state index >= 15 is 0 Å². The van der Waals surface area contributed by atoms with Crippen molar-refractivity contribution in [3.05, 3.63) is 47.8 Å². The van der Waals surface area contributed by atoms with Crippen molar-refractivity contribution in [1.29, 1.82) is 0 Å². The Labute approximate surface area is 185 Å². The van der Waals surface area contributed by atoms with Crippen LogP contribution >= 0.6 is 0 Å². The molecule has 0 aliphatic heterocycles. The summed E-state index contributed by atoms with van der Waals surface area (Å²) in [6.45, 7) is 9.17. The van der Waals surface area contributed by atoms with Crippen molar-refractivity contribution in [2.45, 2.75) is 117 Å². The molecule has 0 aliphatic rings. The molecule has 2 rings (SSSR count). The summed E-state index contributed by atoms with van der Waals surface area (Å²) in [4.78, 5) is 9.64. The molecule has 0 saturated heterocycles. The minimum atomic E-state index is 0.593. The van der Waals surface area contributed by atoms with Gasteiger partial charge in [-0.1, -0.05) is 85.1 Å². The van der Waals surface area contributed by atoms with Crippen LogP contribution in [0, 0.1) is 0 Å². The molecule has 0 unspecified atom stereocenters. The molecule has 0 bridgehead atoms. The molecular formula is C28H44N2. The predicted octanol–water partition coefficient (Wildman–Crippen LogP) is 9.07. The maximum absolute atomic E-state index is 4.85. The summed E-state index contributed by atoms with van der Waals surface area (Å²) in [5.74, 6) is 1.24. The summed E-state index contributed by atoms with van der Waals surface area (Å²) < 4.78 is 0. The van der Waals surface area contributed by atoms with Crippen molar-refractivity contribution in [3.63, 3.8) is 0 Å². The fraction of sp³-hybridized carbons (Fsp3) is 0.643. The Morgan fingerprint density at radius 3 is 1.80 bits per heavy atom. The van der Waals surface area contributed by atoms with Gasteiger partial charge in [-0.25, -0.2) is 0 Å². The molecule has 0 aromatic carbocycles. The topological polar surface area (TPSA) is 25.8 Å². The molecule has 0 radical (unpaired) electrons. The molecule has 30 heavy (non-hydrogen) atoms. The van der Waals surface area contributed by atoms with Crippen LogP contribution in [0.25, 0.3) is 11.4 Å². The van der Waals surface area contributed by atoms with Crippen LogP contribution < -0.4 is 0 Å². The minimum absolute atomic E-state index is 0.593. The Kier molecular flexibility index (Phi) is 11.7. The Bertz CT molecular complexity index is 693. The first-order chi connectivity index (χ1) is 14.7. The van der Waals surface area contributed by atoms with Gasteiger partial charge in [0.05, 0.1) is 11.4 Å². The van der Waals surface area contributed by atoms with E-state index in [0.29, 0.717) is 11.8 Å². The molecule has 0 N–H and O–H groups in total. The molecule has 0 atom stereocenters. The van der Waals surface area contributed by atoms with Gasteiger partial charge >= 0.3 is 0 Å². The maximum Gasteiger partial charge on any atom is 0.0920 e. The third kappa shape index (κ3) is 7.52. The second kappa shape index (κ2) is 14.3. The maximum atomic E-state index is 4.85.